The molecule has 2 N–H and O–H groups in total. The van der Waals surface area contributed by atoms with Crippen LogP contribution in [0.25, 0.3) is 0 Å². The van der Waals surface area contributed by atoms with Crippen molar-refractivity contribution >= 4 is 20.2 Å². The van der Waals surface area contributed by atoms with Crippen molar-refractivity contribution in [2.24, 2.45) is 0 Å². The second-order valence-corrected chi connectivity index (χ2v) is 7.08. The lowest BCUT2D eigenvalue weighted by molar-refractivity contribution is -0.0514. The molecule has 0 bridgehead atoms. The zero-order valence-corrected chi connectivity index (χ0v) is 14.5. The Bertz CT molecular complexity index is 461. The van der Waals surface area contributed by atoms with E-state index in [1.54, 1.807) is 0 Å². The zero-order valence-electron chi connectivity index (χ0n) is 12.9. The van der Waals surface area contributed by atoms with Crippen molar-refractivity contribution < 1.29 is 52.3 Å². The highest BCUT2D eigenvalue weighted by Gasteiger charge is 2.45. The van der Waals surface area contributed by atoms with Gasteiger partial charge in [0.2, 0.25) is 0 Å². The number of unbranched alkanes of at least 4 members (excludes halogenated alkanes) is 5. The first-order valence-corrected chi connectivity index (χ1v) is 9.37. The van der Waals surface area contributed by atoms with Crippen LogP contribution in [0.2, 0.25) is 0 Å². The maximum absolute atomic E-state index is 10.7. The summed E-state index contributed by atoms with van der Waals surface area (Å²) in [6.07, 6.45) is 8.49. The third-order valence-electron chi connectivity index (χ3n) is 2.04. The van der Waals surface area contributed by atoms with Crippen LogP contribution in [-0.2, 0) is 20.2 Å². The van der Waals surface area contributed by atoms with Crippen LogP contribution >= 0.6 is 0 Å². The maximum Gasteiger partial charge on any atom is 0.522 e. The van der Waals surface area contributed by atoms with Crippen LogP contribution < -0.4 is 0 Å². The van der Waals surface area contributed by atoms with E-state index in [9.17, 15) is 26.3 Å². The average Bonchev–Trinajstić information content (AvgIpc) is 2.31. The van der Waals surface area contributed by atoms with Gasteiger partial charge in [0.05, 0.1) is 0 Å². The molecule has 0 aliphatic heterocycles. The summed E-state index contributed by atoms with van der Waals surface area (Å²) >= 11 is 0. The Morgan fingerprint density at radius 1 is 0.625 bits per heavy atom. The molecule has 0 unspecified atom stereocenters. The molecule has 0 atom stereocenters. The fraction of sp³-hybridized carbons (Fsp3) is 1.00. The molecule has 0 aliphatic carbocycles. The third-order valence-corrected chi connectivity index (χ3v) is 3.21. The van der Waals surface area contributed by atoms with Crippen molar-refractivity contribution in [2.75, 3.05) is 0 Å². The van der Waals surface area contributed by atoms with E-state index in [0.29, 0.717) is 0 Å². The standard InChI is InChI=1S/C8H18.2CHF3O3S/c1-3-5-7-8-6-4-2;2*2-1(3,4)8(5,6)7/h3-8H2,1-2H3;2*(H,5,6,7). The lowest BCUT2D eigenvalue weighted by Crippen LogP contribution is -2.21. The van der Waals surface area contributed by atoms with Gasteiger partial charge >= 0.3 is 31.3 Å². The molecule has 6 nitrogen and oxygen atoms in total. The fourth-order valence-corrected chi connectivity index (χ4v) is 0.854. The summed E-state index contributed by atoms with van der Waals surface area (Å²) in [7, 11) is -11.7. The molecule has 0 saturated carbocycles. The predicted octanol–water partition coefficient (Wildman–Crippen LogP) is 4.15. The Labute approximate surface area is 136 Å². The molecular formula is C10H20F6O6S2. The zero-order chi connectivity index (χ0) is 20.2. The normalized spacial score (nSPS) is 12.6. The van der Waals surface area contributed by atoms with Crippen molar-refractivity contribution in [3.05, 3.63) is 0 Å². The first-order chi connectivity index (χ1) is 10.4. The van der Waals surface area contributed by atoms with Crippen LogP contribution in [0.1, 0.15) is 52.4 Å². The van der Waals surface area contributed by atoms with Crippen molar-refractivity contribution in [3.8, 4) is 0 Å². The summed E-state index contributed by atoms with van der Waals surface area (Å²) < 4.78 is 115. The highest BCUT2D eigenvalue weighted by Crippen LogP contribution is 2.21. The van der Waals surface area contributed by atoms with Gasteiger partial charge in [0, 0.05) is 0 Å². The first-order valence-electron chi connectivity index (χ1n) is 6.49. The van der Waals surface area contributed by atoms with E-state index >= 15 is 0 Å². The van der Waals surface area contributed by atoms with E-state index in [2.05, 4.69) is 13.8 Å². The smallest absolute Gasteiger partial charge is 0.279 e. The van der Waals surface area contributed by atoms with Crippen LogP contribution in [0.15, 0.2) is 0 Å². The molecule has 0 aromatic carbocycles. The molecule has 0 saturated heterocycles. The Kier molecular flexibility index (Phi) is 14.0. The molecule has 0 aromatic rings. The van der Waals surface area contributed by atoms with Crippen LogP contribution in [0.5, 0.6) is 0 Å². The monoisotopic (exact) mass is 414 g/mol. The van der Waals surface area contributed by atoms with Crippen LogP contribution in [0.4, 0.5) is 26.3 Å². The molecule has 14 heteroatoms. The van der Waals surface area contributed by atoms with E-state index in [0.717, 1.165) is 0 Å². The molecule has 24 heavy (non-hydrogen) atoms. The Balaban J connectivity index is -0.000000276. The van der Waals surface area contributed by atoms with Gasteiger partial charge in [-0.1, -0.05) is 52.4 Å². The van der Waals surface area contributed by atoms with Gasteiger partial charge in [-0.2, -0.15) is 43.2 Å². The topological polar surface area (TPSA) is 109 Å². The Morgan fingerprint density at radius 2 is 0.792 bits per heavy atom. The molecule has 0 aromatic heterocycles. The molecular weight excluding hydrogens is 394 g/mol. The second-order valence-electron chi connectivity index (χ2n) is 4.26. The van der Waals surface area contributed by atoms with E-state index in [-0.39, 0.29) is 0 Å². The summed E-state index contributed by atoms with van der Waals surface area (Å²) in [4.78, 5) is 0. The van der Waals surface area contributed by atoms with Crippen molar-refractivity contribution in [1.82, 2.24) is 0 Å². The van der Waals surface area contributed by atoms with Gasteiger partial charge in [-0.3, -0.25) is 9.11 Å². The van der Waals surface area contributed by atoms with Gasteiger partial charge in [0.15, 0.2) is 0 Å². The third kappa shape index (κ3) is 17.7. The predicted molar refractivity (Wildman–Crippen MR) is 74.3 cm³/mol. The second kappa shape index (κ2) is 11.9. The lowest BCUT2D eigenvalue weighted by Gasteiger charge is -1.97. The number of hydrogen-bond donors (Lipinski definition) is 2. The molecule has 0 heterocycles. The maximum atomic E-state index is 10.7. The Hall–Kier alpha value is -0.600. The first kappa shape index (κ1) is 28.2. The minimum atomic E-state index is -5.84. The lowest BCUT2D eigenvalue weighted by atomic mass is 10.1. The van der Waals surface area contributed by atoms with Gasteiger partial charge in [-0.15, -0.1) is 0 Å². The van der Waals surface area contributed by atoms with Gasteiger partial charge in [-0.05, 0) is 0 Å². The highest BCUT2D eigenvalue weighted by molar-refractivity contribution is 7.86. The molecule has 0 radical (unpaired) electrons. The quantitative estimate of drug-likeness (QED) is 0.303. The average molecular weight is 414 g/mol. The number of alkyl halides is 6. The van der Waals surface area contributed by atoms with Gasteiger partial charge in [0.1, 0.15) is 0 Å². The fourth-order valence-electron chi connectivity index (χ4n) is 0.854. The molecule has 0 rings (SSSR count). The summed E-state index contributed by atoms with van der Waals surface area (Å²) in [5, 5.41) is 0. The van der Waals surface area contributed by atoms with Gasteiger partial charge in [-0.25, -0.2) is 0 Å². The molecule has 150 valence electrons. The van der Waals surface area contributed by atoms with Crippen molar-refractivity contribution in [2.45, 2.75) is 63.4 Å². The van der Waals surface area contributed by atoms with Crippen LogP contribution in [-0.4, -0.2) is 37.0 Å². The molecule has 0 amide bonds. The summed E-state index contributed by atoms with van der Waals surface area (Å²) in [5.41, 5.74) is -11.1. The molecule has 0 fully saturated rings. The van der Waals surface area contributed by atoms with Crippen LogP contribution in [0.3, 0.4) is 0 Å². The van der Waals surface area contributed by atoms with E-state index in [1.165, 1.54) is 38.5 Å². The van der Waals surface area contributed by atoms with Crippen molar-refractivity contribution in [1.29, 1.82) is 0 Å². The summed E-state index contributed by atoms with van der Waals surface area (Å²) in [6, 6.07) is 0. The molecule has 0 spiro atoms. The SMILES string of the molecule is CCCCCCCC.O=S(=O)(O)C(F)(F)F.O=S(=O)(O)C(F)(F)F. The van der Waals surface area contributed by atoms with Gasteiger partial charge in [0.25, 0.3) is 0 Å². The van der Waals surface area contributed by atoms with Crippen molar-refractivity contribution in [3.63, 3.8) is 0 Å². The van der Waals surface area contributed by atoms with Crippen LogP contribution in [0, 0.1) is 0 Å². The van der Waals surface area contributed by atoms with E-state index in [1.807, 2.05) is 0 Å². The Morgan fingerprint density at radius 3 is 0.875 bits per heavy atom. The summed E-state index contributed by atoms with van der Waals surface area (Å²) in [5.74, 6) is 0. The number of halogens is 6. The highest BCUT2D eigenvalue weighted by atomic mass is 32.2. The van der Waals surface area contributed by atoms with Gasteiger partial charge < -0.3 is 0 Å². The van der Waals surface area contributed by atoms with E-state index in [4.69, 9.17) is 25.9 Å². The molecule has 0 aliphatic rings. The van der Waals surface area contributed by atoms with E-state index < -0.39 is 31.3 Å². The number of hydrogen-bond acceptors (Lipinski definition) is 4. The minimum absolute atomic E-state index is 1.36. The number of rotatable bonds is 5. The minimum Gasteiger partial charge on any atom is -0.279 e. The largest absolute Gasteiger partial charge is 0.522 e. The summed E-state index contributed by atoms with van der Waals surface area (Å²) in [6.45, 7) is 4.51.